The summed E-state index contributed by atoms with van der Waals surface area (Å²) in [6, 6.07) is 61.2. The molecule has 0 spiro atoms. The highest BCUT2D eigenvalue weighted by atomic mass is 32.1. The van der Waals surface area contributed by atoms with E-state index in [1.807, 2.05) is 23.7 Å². The van der Waals surface area contributed by atoms with Crippen LogP contribution >= 0.6 is 11.3 Å². The molecular weight excluding hydrogens is 601 g/mol. The topological polar surface area (TPSA) is 16.1 Å². The number of hydrogen-bond donors (Lipinski definition) is 0. The van der Waals surface area contributed by atoms with Gasteiger partial charge in [-0.25, -0.2) is 0 Å². The SMILES string of the molecule is c1ccc(-c2ccc(N(c3ccc(-c4cccc5ccccc45)cc3)c3ccc(-c4cccc5c4sc4cnccc45)cc3)cc2)cc1. The van der Waals surface area contributed by atoms with Gasteiger partial charge in [0.2, 0.25) is 0 Å². The lowest BCUT2D eigenvalue weighted by Crippen LogP contribution is -2.09. The highest BCUT2D eigenvalue weighted by Gasteiger charge is 2.16. The maximum Gasteiger partial charge on any atom is 0.0538 e. The van der Waals surface area contributed by atoms with Gasteiger partial charge in [0.25, 0.3) is 0 Å². The summed E-state index contributed by atoms with van der Waals surface area (Å²) in [6.45, 7) is 0. The molecule has 7 aromatic carbocycles. The van der Waals surface area contributed by atoms with Crippen LogP contribution in [0.1, 0.15) is 0 Å². The van der Waals surface area contributed by atoms with E-state index < -0.39 is 0 Å². The molecule has 2 nitrogen and oxygen atoms in total. The van der Waals surface area contributed by atoms with E-state index >= 15 is 0 Å². The second-order valence-electron chi connectivity index (χ2n) is 12.0. The number of hydrogen-bond acceptors (Lipinski definition) is 3. The summed E-state index contributed by atoms with van der Waals surface area (Å²) in [5.41, 5.74) is 10.6. The molecule has 0 aliphatic rings. The first kappa shape index (κ1) is 28.2. The molecule has 0 unspecified atom stereocenters. The third-order valence-electron chi connectivity index (χ3n) is 9.20. The number of pyridine rings is 1. The van der Waals surface area contributed by atoms with Crippen LogP contribution in [0.5, 0.6) is 0 Å². The zero-order valence-corrected chi connectivity index (χ0v) is 26.9. The van der Waals surface area contributed by atoms with Gasteiger partial charge in [-0.1, -0.05) is 127 Å². The Morgan fingerprint density at radius 2 is 0.938 bits per heavy atom. The van der Waals surface area contributed by atoms with Crippen LogP contribution in [-0.4, -0.2) is 4.98 Å². The van der Waals surface area contributed by atoms with Gasteiger partial charge in [0, 0.05) is 44.9 Å². The zero-order valence-electron chi connectivity index (χ0n) is 26.1. The van der Waals surface area contributed by atoms with E-state index in [9.17, 15) is 0 Å². The van der Waals surface area contributed by atoms with Crippen LogP contribution < -0.4 is 4.90 Å². The maximum atomic E-state index is 4.36. The molecule has 9 rings (SSSR count). The van der Waals surface area contributed by atoms with Crippen molar-refractivity contribution in [2.45, 2.75) is 0 Å². The normalized spacial score (nSPS) is 11.3. The Hall–Kier alpha value is -6.03. The fraction of sp³-hybridized carbons (Fsp3) is 0. The molecule has 0 aliphatic heterocycles. The maximum absolute atomic E-state index is 4.36. The van der Waals surface area contributed by atoms with Crippen LogP contribution in [0, 0.1) is 0 Å². The minimum absolute atomic E-state index is 1.11. The summed E-state index contributed by atoms with van der Waals surface area (Å²) < 4.78 is 2.51. The molecule has 0 saturated carbocycles. The van der Waals surface area contributed by atoms with E-state index in [1.54, 1.807) is 0 Å². The van der Waals surface area contributed by atoms with Gasteiger partial charge < -0.3 is 4.90 Å². The van der Waals surface area contributed by atoms with Crippen LogP contribution in [0.3, 0.4) is 0 Å². The lowest BCUT2D eigenvalue weighted by Gasteiger charge is -2.26. The molecule has 0 fully saturated rings. The lowest BCUT2D eigenvalue weighted by molar-refractivity contribution is 1.28. The number of rotatable bonds is 6. The molecule has 0 saturated heterocycles. The molecule has 0 aliphatic carbocycles. The molecule has 3 heteroatoms. The molecule has 2 heterocycles. The lowest BCUT2D eigenvalue weighted by atomic mass is 9.98. The molecule has 226 valence electrons. The Balaban J connectivity index is 1.12. The molecule has 0 bridgehead atoms. The summed E-state index contributed by atoms with van der Waals surface area (Å²) in [7, 11) is 0. The van der Waals surface area contributed by atoms with Crippen molar-refractivity contribution in [3.05, 3.63) is 182 Å². The smallest absolute Gasteiger partial charge is 0.0538 e. The predicted molar refractivity (Wildman–Crippen MR) is 206 cm³/mol. The Labute approximate surface area is 283 Å². The highest BCUT2D eigenvalue weighted by Crippen LogP contribution is 2.42. The van der Waals surface area contributed by atoms with Crippen LogP contribution in [-0.2, 0) is 0 Å². The molecule has 48 heavy (non-hydrogen) atoms. The Morgan fingerprint density at radius 1 is 0.396 bits per heavy atom. The van der Waals surface area contributed by atoms with Crippen LogP contribution in [0.25, 0.3) is 64.3 Å². The van der Waals surface area contributed by atoms with Gasteiger partial charge in [0.1, 0.15) is 0 Å². The first-order valence-electron chi connectivity index (χ1n) is 16.2. The monoisotopic (exact) mass is 630 g/mol. The van der Waals surface area contributed by atoms with Gasteiger partial charge in [0.05, 0.1) is 4.70 Å². The van der Waals surface area contributed by atoms with E-state index in [0.717, 1.165) is 17.1 Å². The molecule has 0 atom stereocenters. The van der Waals surface area contributed by atoms with E-state index in [2.05, 4.69) is 180 Å². The summed E-state index contributed by atoms with van der Waals surface area (Å²) in [4.78, 5) is 6.71. The number of thiophene rings is 1. The molecule has 2 aromatic heterocycles. The quantitative estimate of drug-likeness (QED) is 0.182. The Kier molecular flexibility index (Phi) is 7.03. The standard InChI is InChI=1S/C45H30N2S/c1-2-8-31(9-3-1)32-16-22-36(23-17-32)47(37-24-18-34(19-25-37)40-13-6-11-33-10-4-5-12-39(33)40)38-26-20-35(21-27-38)41-14-7-15-43-42-28-29-46-30-44(42)48-45(41)43/h1-30H. The van der Waals surface area contributed by atoms with Crippen molar-refractivity contribution in [1.82, 2.24) is 4.98 Å². The van der Waals surface area contributed by atoms with Crippen molar-refractivity contribution in [2.75, 3.05) is 4.90 Å². The van der Waals surface area contributed by atoms with Gasteiger partial charge in [0.15, 0.2) is 0 Å². The highest BCUT2D eigenvalue weighted by molar-refractivity contribution is 7.26. The second kappa shape index (κ2) is 12.0. The summed E-state index contributed by atoms with van der Waals surface area (Å²) in [5.74, 6) is 0. The van der Waals surface area contributed by atoms with Gasteiger partial charge in [-0.2, -0.15) is 0 Å². The number of benzene rings is 7. The van der Waals surface area contributed by atoms with E-state index in [1.165, 1.54) is 64.3 Å². The van der Waals surface area contributed by atoms with E-state index in [4.69, 9.17) is 0 Å². The van der Waals surface area contributed by atoms with Gasteiger partial charge in [-0.15, -0.1) is 11.3 Å². The van der Waals surface area contributed by atoms with Gasteiger partial charge >= 0.3 is 0 Å². The van der Waals surface area contributed by atoms with Crippen LogP contribution in [0.4, 0.5) is 17.1 Å². The van der Waals surface area contributed by atoms with Crippen molar-refractivity contribution in [3.8, 4) is 33.4 Å². The number of anilines is 3. The molecular formula is C45H30N2S. The van der Waals surface area contributed by atoms with Crippen molar-refractivity contribution < 1.29 is 0 Å². The minimum Gasteiger partial charge on any atom is -0.311 e. The van der Waals surface area contributed by atoms with Gasteiger partial charge in [-0.3, -0.25) is 4.98 Å². The zero-order chi connectivity index (χ0) is 31.9. The van der Waals surface area contributed by atoms with Crippen molar-refractivity contribution in [2.24, 2.45) is 0 Å². The Bertz CT molecular complexity index is 2530. The second-order valence-corrected chi connectivity index (χ2v) is 13.1. The van der Waals surface area contributed by atoms with Crippen LogP contribution in [0.2, 0.25) is 0 Å². The third-order valence-corrected chi connectivity index (χ3v) is 10.4. The predicted octanol–water partition coefficient (Wildman–Crippen LogP) is 13.1. The molecule has 0 radical (unpaired) electrons. The average Bonchev–Trinajstić information content (AvgIpc) is 3.55. The van der Waals surface area contributed by atoms with Gasteiger partial charge in [-0.05, 0) is 86.6 Å². The first-order chi connectivity index (χ1) is 23.8. The van der Waals surface area contributed by atoms with E-state index in [0.29, 0.717) is 0 Å². The number of fused-ring (bicyclic) bond motifs is 4. The van der Waals surface area contributed by atoms with Crippen molar-refractivity contribution in [3.63, 3.8) is 0 Å². The summed E-state index contributed by atoms with van der Waals surface area (Å²) in [6.07, 6.45) is 3.85. The summed E-state index contributed by atoms with van der Waals surface area (Å²) >= 11 is 1.81. The Morgan fingerprint density at radius 3 is 1.67 bits per heavy atom. The number of nitrogens with zero attached hydrogens (tertiary/aromatic N) is 2. The third kappa shape index (κ3) is 5.02. The van der Waals surface area contributed by atoms with Crippen molar-refractivity contribution in [1.29, 1.82) is 0 Å². The van der Waals surface area contributed by atoms with Crippen molar-refractivity contribution >= 4 is 59.3 Å². The fourth-order valence-electron chi connectivity index (χ4n) is 6.82. The average molecular weight is 631 g/mol. The largest absolute Gasteiger partial charge is 0.311 e. The minimum atomic E-state index is 1.11. The molecule has 0 amide bonds. The fourth-order valence-corrected chi connectivity index (χ4v) is 8.02. The summed E-state index contributed by atoms with van der Waals surface area (Å²) in [5, 5.41) is 5.06. The number of aromatic nitrogens is 1. The van der Waals surface area contributed by atoms with E-state index in [-0.39, 0.29) is 0 Å². The molecule has 0 N–H and O–H groups in total. The van der Waals surface area contributed by atoms with Crippen LogP contribution in [0.15, 0.2) is 182 Å². The molecule has 9 aromatic rings. The first-order valence-corrected chi connectivity index (χ1v) is 17.0.